The molecule has 2 N–H and O–H groups in total. The minimum atomic E-state index is -1.07. The topological polar surface area (TPSA) is 93.4 Å². The molecule has 0 saturated carbocycles. The molecule has 1 heterocycles. The molecule has 1 aromatic carbocycles. The van der Waals surface area contributed by atoms with E-state index in [1.54, 1.807) is 6.07 Å². The maximum absolute atomic E-state index is 13.6. The molecular formula is C13H12FN3O3. The summed E-state index contributed by atoms with van der Waals surface area (Å²) in [5.74, 6) is -1.80. The second-order valence-corrected chi connectivity index (χ2v) is 4.43. The van der Waals surface area contributed by atoms with Crippen molar-refractivity contribution in [1.82, 2.24) is 4.90 Å². The molecule has 20 heavy (non-hydrogen) atoms. The maximum Gasteiger partial charge on any atom is 0.326 e. The van der Waals surface area contributed by atoms with Gasteiger partial charge in [-0.3, -0.25) is 0 Å². The zero-order valence-corrected chi connectivity index (χ0v) is 10.5. The van der Waals surface area contributed by atoms with Crippen LogP contribution < -0.4 is 5.32 Å². The number of carboxylic acids is 1. The Labute approximate surface area is 114 Å². The Bertz CT molecular complexity index is 597. The van der Waals surface area contributed by atoms with Gasteiger partial charge in [-0.15, -0.1) is 0 Å². The van der Waals surface area contributed by atoms with Gasteiger partial charge in [0, 0.05) is 6.54 Å². The fourth-order valence-electron chi connectivity index (χ4n) is 2.14. The van der Waals surface area contributed by atoms with Gasteiger partial charge >= 0.3 is 12.0 Å². The summed E-state index contributed by atoms with van der Waals surface area (Å²) >= 11 is 0. The van der Waals surface area contributed by atoms with Crippen molar-refractivity contribution in [3.8, 4) is 6.07 Å². The number of nitrogens with one attached hydrogen (secondary N) is 1. The first-order chi connectivity index (χ1) is 9.52. The molecule has 2 rings (SSSR count). The highest BCUT2D eigenvalue weighted by Crippen LogP contribution is 2.21. The Kier molecular flexibility index (Phi) is 3.84. The van der Waals surface area contributed by atoms with Crippen molar-refractivity contribution in [2.24, 2.45) is 0 Å². The molecule has 1 aliphatic heterocycles. The molecule has 0 aromatic heterocycles. The molecule has 7 heteroatoms. The van der Waals surface area contributed by atoms with Crippen LogP contribution in [0.3, 0.4) is 0 Å². The average Bonchev–Trinajstić information content (AvgIpc) is 2.90. The summed E-state index contributed by atoms with van der Waals surface area (Å²) in [5, 5.41) is 19.9. The Balaban J connectivity index is 2.12. The molecule has 0 spiro atoms. The van der Waals surface area contributed by atoms with E-state index >= 15 is 0 Å². The standard InChI is InChI=1S/C13H12FN3O3/c14-9-6-8(7-15)3-4-10(9)16-13(20)17-5-1-2-11(17)12(18)19/h3-4,6,11H,1-2,5H2,(H,16,20)(H,18,19). The fraction of sp³-hybridized carbons (Fsp3) is 0.308. The minimum absolute atomic E-state index is 0.0787. The largest absolute Gasteiger partial charge is 0.480 e. The number of nitrogens with zero attached hydrogens (tertiary/aromatic N) is 2. The molecule has 0 bridgehead atoms. The van der Waals surface area contributed by atoms with Gasteiger partial charge in [0.1, 0.15) is 11.9 Å². The predicted octanol–water partition coefficient (Wildman–Crippen LogP) is 1.78. The lowest BCUT2D eigenvalue weighted by atomic mass is 10.2. The number of anilines is 1. The van der Waals surface area contributed by atoms with Gasteiger partial charge in [-0.1, -0.05) is 0 Å². The van der Waals surface area contributed by atoms with Crippen LogP contribution in [0.25, 0.3) is 0 Å². The van der Waals surface area contributed by atoms with Crippen LogP contribution >= 0.6 is 0 Å². The zero-order valence-electron chi connectivity index (χ0n) is 10.5. The van der Waals surface area contributed by atoms with Crippen LogP contribution in [0.2, 0.25) is 0 Å². The normalized spacial score (nSPS) is 17.6. The van der Waals surface area contributed by atoms with E-state index in [-0.39, 0.29) is 11.3 Å². The number of urea groups is 1. The Morgan fingerprint density at radius 1 is 1.50 bits per heavy atom. The average molecular weight is 277 g/mol. The number of likely N-dealkylation sites (tertiary alicyclic amines) is 1. The number of aliphatic carboxylic acids is 1. The highest BCUT2D eigenvalue weighted by molar-refractivity contribution is 5.92. The number of hydrogen-bond donors (Lipinski definition) is 2. The van der Waals surface area contributed by atoms with Gasteiger partial charge in [0.2, 0.25) is 0 Å². The first-order valence-electron chi connectivity index (χ1n) is 6.03. The van der Waals surface area contributed by atoms with Gasteiger partial charge < -0.3 is 15.3 Å². The number of hydrogen-bond acceptors (Lipinski definition) is 3. The monoisotopic (exact) mass is 277 g/mol. The van der Waals surface area contributed by atoms with E-state index in [2.05, 4.69) is 5.32 Å². The van der Waals surface area contributed by atoms with Crippen molar-refractivity contribution >= 4 is 17.7 Å². The van der Waals surface area contributed by atoms with Crippen LogP contribution in [0.1, 0.15) is 18.4 Å². The highest BCUT2D eigenvalue weighted by atomic mass is 19.1. The molecule has 0 aliphatic carbocycles. The fourth-order valence-corrected chi connectivity index (χ4v) is 2.14. The minimum Gasteiger partial charge on any atom is -0.480 e. The summed E-state index contributed by atoms with van der Waals surface area (Å²) in [6, 6.07) is 3.91. The first kappa shape index (κ1) is 13.8. The molecule has 6 nitrogen and oxygen atoms in total. The number of nitriles is 1. The lowest BCUT2D eigenvalue weighted by Crippen LogP contribution is -2.42. The maximum atomic E-state index is 13.6. The van der Waals surface area contributed by atoms with E-state index in [9.17, 15) is 14.0 Å². The van der Waals surface area contributed by atoms with Gasteiger partial charge in [0.15, 0.2) is 0 Å². The van der Waals surface area contributed by atoms with Crippen LogP contribution in [0.15, 0.2) is 18.2 Å². The van der Waals surface area contributed by atoms with Crippen molar-refractivity contribution in [1.29, 1.82) is 5.26 Å². The molecule has 1 aliphatic rings. The lowest BCUT2D eigenvalue weighted by Gasteiger charge is -2.21. The number of rotatable bonds is 2. The number of carbonyl (C=O) groups excluding carboxylic acids is 1. The van der Waals surface area contributed by atoms with Crippen molar-refractivity contribution in [3.63, 3.8) is 0 Å². The Morgan fingerprint density at radius 2 is 2.25 bits per heavy atom. The van der Waals surface area contributed by atoms with Gasteiger partial charge in [-0.2, -0.15) is 5.26 Å². The van der Waals surface area contributed by atoms with Gasteiger partial charge in [0.05, 0.1) is 17.3 Å². The smallest absolute Gasteiger partial charge is 0.326 e. The van der Waals surface area contributed by atoms with Crippen molar-refractivity contribution in [2.75, 3.05) is 11.9 Å². The summed E-state index contributed by atoms with van der Waals surface area (Å²) in [5.41, 5.74) is 0.0649. The summed E-state index contributed by atoms with van der Waals surface area (Å²) in [7, 11) is 0. The molecule has 1 unspecified atom stereocenters. The quantitative estimate of drug-likeness (QED) is 0.861. The lowest BCUT2D eigenvalue weighted by molar-refractivity contribution is -0.141. The van der Waals surface area contributed by atoms with E-state index in [0.717, 1.165) is 6.07 Å². The summed E-state index contributed by atoms with van der Waals surface area (Å²) < 4.78 is 13.6. The molecule has 1 fully saturated rings. The SMILES string of the molecule is N#Cc1ccc(NC(=O)N2CCCC2C(=O)O)c(F)c1. The first-order valence-corrected chi connectivity index (χ1v) is 6.03. The van der Waals surface area contributed by atoms with Gasteiger partial charge in [0.25, 0.3) is 0 Å². The zero-order chi connectivity index (χ0) is 14.7. The number of amides is 2. The third-order valence-corrected chi connectivity index (χ3v) is 3.14. The third-order valence-electron chi connectivity index (χ3n) is 3.14. The third kappa shape index (κ3) is 2.69. The summed E-state index contributed by atoms with van der Waals surface area (Å²) in [6.45, 7) is 0.320. The van der Waals surface area contributed by atoms with Gasteiger partial charge in [-0.25, -0.2) is 14.0 Å². The molecule has 1 aromatic rings. The van der Waals surface area contributed by atoms with Crippen LogP contribution in [-0.2, 0) is 4.79 Å². The molecule has 104 valence electrons. The second-order valence-electron chi connectivity index (χ2n) is 4.43. The van der Waals surface area contributed by atoms with E-state index in [0.29, 0.717) is 19.4 Å². The Hall–Kier alpha value is -2.62. The molecular weight excluding hydrogens is 265 g/mol. The second kappa shape index (κ2) is 5.57. The summed E-state index contributed by atoms with van der Waals surface area (Å²) in [4.78, 5) is 24.1. The highest BCUT2D eigenvalue weighted by Gasteiger charge is 2.34. The number of benzene rings is 1. The van der Waals surface area contributed by atoms with Crippen molar-refractivity contribution in [3.05, 3.63) is 29.6 Å². The van der Waals surface area contributed by atoms with Crippen molar-refractivity contribution < 1.29 is 19.1 Å². The van der Waals surface area contributed by atoms with E-state index in [4.69, 9.17) is 10.4 Å². The van der Waals surface area contributed by atoms with Crippen molar-refractivity contribution in [2.45, 2.75) is 18.9 Å². The van der Waals surface area contributed by atoms with Crippen LogP contribution in [-0.4, -0.2) is 34.6 Å². The predicted molar refractivity (Wildman–Crippen MR) is 67.5 cm³/mol. The number of halogens is 1. The molecule has 0 radical (unpaired) electrons. The van der Waals surface area contributed by atoms with Crippen LogP contribution in [0.4, 0.5) is 14.9 Å². The van der Waals surface area contributed by atoms with E-state index in [1.165, 1.54) is 17.0 Å². The number of carbonyl (C=O) groups is 2. The molecule has 1 atom stereocenters. The number of carboxylic acid groups (broad SMARTS) is 1. The Morgan fingerprint density at radius 3 is 2.85 bits per heavy atom. The molecule has 1 saturated heterocycles. The summed E-state index contributed by atoms with van der Waals surface area (Å²) in [6.07, 6.45) is 0.985. The van der Waals surface area contributed by atoms with Crippen LogP contribution in [0, 0.1) is 17.1 Å². The van der Waals surface area contributed by atoms with Gasteiger partial charge in [-0.05, 0) is 31.0 Å². The molecule has 2 amide bonds. The van der Waals surface area contributed by atoms with Crippen LogP contribution in [0.5, 0.6) is 0 Å². The van der Waals surface area contributed by atoms with E-state index < -0.39 is 23.9 Å². The van der Waals surface area contributed by atoms with E-state index in [1.807, 2.05) is 0 Å².